The van der Waals surface area contributed by atoms with Crippen LogP contribution in [0.2, 0.25) is 0 Å². The van der Waals surface area contributed by atoms with Crippen molar-refractivity contribution in [2.75, 3.05) is 30.4 Å². The maximum atomic E-state index is 10.9. The summed E-state index contributed by atoms with van der Waals surface area (Å²) in [5.74, 6) is -0.0412. The van der Waals surface area contributed by atoms with Gasteiger partial charge in [-0.3, -0.25) is 4.79 Å². The summed E-state index contributed by atoms with van der Waals surface area (Å²) in [5.41, 5.74) is 2.77. The van der Waals surface area contributed by atoms with E-state index in [1.54, 1.807) is 0 Å². The van der Waals surface area contributed by atoms with Gasteiger partial charge < -0.3 is 10.2 Å². The second-order valence-corrected chi connectivity index (χ2v) is 4.47. The lowest BCUT2D eigenvalue weighted by Crippen LogP contribution is -2.29. The number of hydrogen-bond donors (Lipinski definition) is 1. The molecule has 0 radical (unpaired) electrons. The van der Waals surface area contributed by atoms with Crippen molar-refractivity contribution in [3.05, 3.63) is 29.8 Å². The summed E-state index contributed by atoms with van der Waals surface area (Å²) in [5, 5.41) is 2.78. The molecule has 1 N–H and O–H groups in total. The maximum absolute atomic E-state index is 10.9. The van der Waals surface area contributed by atoms with Crippen molar-refractivity contribution in [2.45, 2.75) is 12.8 Å². The zero-order valence-corrected chi connectivity index (χ0v) is 10.5. The van der Waals surface area contributed by atoms with Crippen LogP contribution in [0.25, 0.3) is 0 Å². The van der Waals surface area contributed by atoms with Crippen LogP contribution in [0, 0.1) is 0 Å². The molecule has 0 saturated heterocycles. The van der Waals surface area contributed by atoms with Gasteiger partial charge in [0, 0.05) is 25.3 Å². The first kappa shape index (κ1) is 12.2. The van der Waals surface area contributed by atoms with Crippen molar-refractivity contribution in [1.82, 2.24) is 5.32 Å². The van der Waals surface area contributed by atoms with Crippen molar-refractivity contribution in [2.24, 2.45) is 0 Å². The molecule has 1 aliphatic heterocycles. The number of halogens is 1. The largest absolute Gasteiger partial charge is 0.371 e. The molecule has 0 unspecified atom stereocenters. The summed E-state index contributed by atoms with van der Waals surface area (Å²) < 4.78 is 0. The van der Waals surface area contributed by atoms with Crippen LogP contribution in [0.4, 0.5) is 5.69 Å². The summed E-state index contributed by atoms with van der Waals surface area (Å²) in [6.07, 6.45) is 2.08. The Hall–Kier alpha value is -1.22. The number of anilines is 1. The molecular weight excluding hydrogens is 236 g/mol. The third-order valence-electron chi connectivity index (χ3n) is 3.03. The molecule has 1 aromatic rings. The molecule has 0 atom stereocenters. The van der Waals surface area contributed by atoms with Gasteiger partial charge in [-0.2, -0.15) is 0 Å². The number of fused-ring (bicyclic) bond motifs is 1. The molecule has 0 aliphatic carbocycles. The number of carbonyl (C=O) groups excluding carboxylic acids is 1. The normalized spacial score (nSPS) is 13.6. The molecule has 0 spiro atoms. The molecule has 2 rings (SSSR count). The Kier molecular flexibility index (Phi) is 4.26. The van der Waals surface area contributed by atoms with Gasteiger partial charge in [-0.25, -0.2) is 0 Å². The van der Waals surface area contributed by atoms with Gasteiger partial charge in [-0.15, -0.1) is 11.6 Å². The van der Waals surface area contributed by atoms with Gasteiger partial charge in [0.25, 0.3) is 0 Å². The number of alkyl halides is 1. The van der Waals surface area contributed by atoms with Gasteiger partial charge in [0.05, 0.1) is 0 Å². The van der Waals surface area contributed by atoms with Gasteiger partial charge >= 0.3 is 0 Å². The summed E-state index contributed by atoms with van der Waals surface area (Å²) in [7, 11) is 0. The second kappa shape index (κ2) is 5.92. The molecule has 0 fully saturated rings. The van der Waals surface area contributed by atoms with Gasteiger partial charge in [-0.1, -0.05) is 18.2 Å². The Labute approximate surface area is 107 Å². The predicted octanol–water partition coefficient (Wildman–Crippen LogP) is 1.79. The summed E-state index contributed by atoms with van der Waals surface area (Å²) in [6.45, 7) is 2.77. The van der Waals surface area contributed by atoms with E-state index in [-0.39, 0.29) is 11.8 Å². The average molecular weight is 253 g/mol. The highest BCUT2D eigenvalue weighted by molar-refractivity contribution is 6.27. The average Bonchev–Trinajstić information content (AvgIpc) is 2.78. The SMILES string of the molecule is O=C(CCl)NCCCN1CCc2ccccc21. The fraction of sp³-hybridized carbons (Fsp3) is 0.462. The van der Waals surface area contributed by atoms with Crippen LogP contribution >= 0.6 is 11.6 Å². The van der Waals surface area contributed by atoms with Crippen molar-refractivity contribution < 1.29 is 4.79 Å². The summed E-state index contributed by atoms with van der Waals surface area (Å²) in [6, 6.07) is 8.51. The number of carbonyl (C=O) groups is 1. The van der Waals surface area contributed by atoms with Crippen LogP contribution in [-0.2, 0) is 11.2 Å². The second-order valence-electron chi connectivity index (χ2n) is 4.20. The first-order valence-electron chi connectivity index (χ1n) is 5.97. The fourth-order valence-electron chi connectivity index (χ4n) is 2.18. The van der Waals surface area contributed by atoms with E-state index in [0.29, 0.717) is 6.54 Å². The van der Waals surface area contributed by atoms with Crippen LogP contribution in [0.1, 0.15) is 12.0 Å². The number of benzene rings is 1. The lowest BCUT2D eigenvalue weighted by molar-refractivity contribution is -0.118. The van der Waals surface area contributed by atoms with E-state index < -0.39 is 0 Å². The number of amides is 1. The molecule has 1 amide bonds. The third-order valence-corrected chi connectivity index (χ3v) is 3.27. The van der Waals surface area contributed by atoms with Gasteiger partial charge in [0.2, 0.25) is 5.91 Å². The maximum Gasteiger partial charge on any atom is 0.234 e. The quantitative estimate of drug-likeness (QED) is 0.640. The van der Waals surface area contributed by atoms with Crippen LogP contribution in [-0.4, -0.2) is 31.4 Å². The van der Waals surface area contributed by atoms with E-state index in [0.717, 1.165) is 25.9 Å². The first-order chi connectivity index (χ1) is 8.31. The van der Waals surface area contributed by atoms with E-state index in [1.165, 1.54) is 11.3 Å². The predicted molar refractivity (Wildman–Crippen MR) is 70.7 cm³/mol. The molecule has 0 bridgehead atoms. The Morgan fingerprint density at radius 3 is 3.06 bits per heavy atom. The zero-order chi connectivity index (χ0) is 12.1. The lowest BCUT2D eigenvalue weighted by atomic mass is 10.2. The topological polar surface area (TPSA) is 32.3 Å². The number of hydrogen-bond acceptors (Lipinski definition) is 2. The van der Waals surface area contributed by atoms with Crippen LogP contribution in [0.5, 0.6) is 0 Å². The minimum atomic E-state index is -0.0894. The highest BCUT2D eigenvalue weighted by atomic mass is 35.5. The number of para-hydroxylation sites is 1. The standard InChI is InChI=1S/C13H17ClN2O/c14-10-13(17)15-7-3-8-16-9-6-11-4-1-2-5-12(11)16/h1-2,4-5H,3,6-10H2,(H,15,17). The monoisotopic (exact) mass is 252 g/mol. The van der Waals surface area contributed by atoms with Crippen molar-refractivity contribution in [3.63, 3.8) is 0 Å². The van der Waals surface area contributed by atoms with Crippen LogP contribution in [0.15, 0.2) is 24.3 Å². The van der Waals surface area contributed by atoms with E-state index in [9.17, 15) is 4.79 Å². The molecule has 1 aliphatic rings. The zero-order valence-electron chi connectivity index (χ0n) is 9.79. The number of nitrogens with one attached hydrogen (secondary N) is 1. The highest BCUT2D eigenvalue weighted by Gasteiger charge is 2.17. The van der Waals surface area contributed by atoms with E-state index in [4.69, 9.17) is 11.6 Å². The minimum absolute atomic E-state index is 0.0482. The molecule has 92 valence electrons. The highest BCUT2D eigenvalue weighted by Crippen LogP contribution is 2.26. The Morgan fingerprint density at radius 2 is 2.24 bits per heavy atom. The fourth-order valence-corrected chi connectivity index (χ4v) is 2.28. The Morgan fingerprint density at radius 1 is 1.41 bits per heavy atom. The van der Waals surface area contributed by atoms with Crippen LogP contribution < -0.4 is 10.2 Å². The third kappa shape index (κ3) is 3.13. The molecule has 0 aromatic heterocycles. The van der Waals surface area contributed by atoms with E-state index in [1.807, 2.05) is 0 Å². The van der Waals surface area contributed by atoms with Gasteiger partial charge in [0.15, 0.2) is 0 Å². The molecular formula is C13H17ClN2O. The van der Waals surface area contributed by atoms with Crippen molar-refractivity contribution in [3.8, 4) is 0 Å². The van der Waals surface area contributed by atoms with E-state index in [2.05, 4.69) is 34.5 Å². The van der Waals surface area contributed by atoms with Gasteiger partial charge in [-0.05, 0) is 24.5 Å². The number of rotatable bonds is 5. The summed E-state index contributed by atoms with van der Waals surface area (Å²) in [4.78, 5) is 13.3. The van der Waals surface area contributed by atoms with Gasteiger partial charge in [0.1, 0.15) is 5.88 Å². The molecule has 3 nitrogen and oxygen atoms in total. The summed E-state index contributed by atoms with van der Waals surface area (Å²) >= 11 is 5.40. The lowest BCUT2D eigenvalue weighted by Gasteiger charge is -2.19. The molecule has 4 heteroatoms. The molecule has 1 aromatic carbocycles. The molecule has 17 heavy (non-hydrogen) atoms. The van der Waals surface area contributed by atoms with Crippen LogP contribution in [0.3, 0.4) is 0 Å². The molecule has 1 heterocycles. The van der Waals surface area contributed by atoms with E-state index >= 15 is 0 Å². The minimum Gasteiger partial charge on any atom is -0.371 e. The smallest absolute Gasteiger partial charge is 0.234 e. The first-order valence-corrected chi connectivity index (χ1v) is 6.50. The Bertz CT molecular complexity index is 395. The Balaban J connectivity index is 1.76. The van der Waals surface area contributed by atoms with Crippen molar-refractivity contribution >= 4 is 23.2 Å². The van der Waals surface area contributed by atoms with Crippen molar-refractivity contribution in [1.29, 1.82) is 0 Å². The number of nitrogens with zero attached hydrogens (tertiary/aromatic N) is 1. The molecule has 0 saturated carbocycles.